The fourth-order valence-electron chi connectivity index (χ4n) is 4.88. The lowest BCUT2D eigenvalue weighted by Gasteiger charge is -2.45. The molecule has 0 radical (unpaired) electrons. The molecule has 1 aromatic carbocycles. The average molecular weight is 509 g/mol. The second-order valence-electron chi connectivity index (χ2n) is 10.7. The molecular weight excluding hydrogens is 478 g/mol. The highest BCUT2D eigenvalue weighted by atomic mass is 19.1. The second kappa shape index (κ2) is 8.93. The van der Waals surface area contributed by atoms with Crippen LogP contribution in [0.3, 0.4) is 0 Å². The first-order valence-corrected chi connectivity index (χ1v) is 12.3. The largest absolute Gasteiger partial charge is 0.444 e. The van der Waals surface area contributed by atoms with Crippen molar-refractivity contribution in [1.29, 1.82) is 0 Å². The first-order valence-electron chi connectivity index (χ1n) is 12.3. The van der Waals surface area contributed by atoms with E-state index in [4.69, 9.17) is 4.74 Å². The minimum atomic E-state index is -0.641. The number of pyridine rings is 1. The third kappa shape index (κ3) is 4.68. The number of ether oxygens (including phenoxy) is 1. The quantitative estimate of drug-likeness (QED) is 0.363. The van der Waals surface area contributed by atoms with E-state index in [0.29, 0.717) is 30.0 Å². The normalized spacial score (nSPS) is 18.6. The number of aromatic nitrogens is 4. The fourth-order valence-corrected chi connectivity index (χ4v) is 4.88. The van der Waals surface area contributed by atoms with Gasteiger partial charge in [0.25, 0.3) is 0 Å². The molecule has 10 heteroatoms. The number of amides is 1. The number of anilines is 1. The molecule has 4 heterocycles. The van der Waals surface area contributed by atoms with Crippen LogP contribution in [0, 0.1) is 18.7 Å². The number of benzene rings is 1. The van der Waals surface area contributed by atoms with E-state index < -0.39 is 17.4 Å². The standard InChI is InChI=1S/C27H30F2N6O2/c1-15-12-33(13-16(2)35(15)26(36)37-27(4,5)6)20-7-8-22-18(9-20)11-30-24(32-22)19-10-21(28)25-31-17(3)23(29)34(25)14-19/h7-11,14-16H,12-13H2,1-6H3/t15-,16+. The Morgan fingerprint density at radius 3 is 2.46 bits per heavy atom. The first-order chi connectivity index (χ1) is 17.4. The van der Waals surface area contributed by atoms with Crippen molar-refractivity contribution in [3.8, 4) is 11.4 Å². The second-order valence-corrected chi connectivity index (χ2v) is 10.7. The lowest BCUT2D eigenvalue weighted by molar-refractivity contribution is 0.00566. The van der Waals surface area contributed by atoms with Crippen molar-refractivity contribution in [2.24, 2.45) is 0 Å². The molecule has 8 nitrogen and oxygen atoms in total. The summed E-state index contributed by atoms with van der Waals surface area (Å²) < 4.78 is 35.6. The third-order valence-corrected chi connectivity index (χ3v) is 6.49. The highest BCUT2D eigenvalue weighted by Gasteiger charge is 2.35. The molecule has 1 saturated heterocycles. The van der Waals surface area contributed by atoms with Gasteiger partial charge < -0.3 is 9.64 Å². The summed E-state index contributed by atoms with van der Waals surface area (Å²) in [5, 5.41) is 0.822. The maximum atomic E-state index is 14.6. The molecule has 2 atom stereocenters. The summed E-state index contributed by atoms with van der Waals surface area (Å²) in [6.45, 7) is 12.4. The molecule has 0 unspecified atom stereocenters. The van der Waals surface area contributed by atoms with Gasteiger partial charge in [-0.05, 0) is 65.8 Å². The number of hydrogen-bond donors (Lipinski definition) is 0. The van der Waals surface area contributed by atoms with Gasteiger partial charge in [-0.1, -0.05) is 0 Å². The van der Waals surface area contributed by atoms with Crippen molar-refractivity contribution >= 4 is 28.3 Å². The summed E-state index contributed by atoms with van der Waals surface area (Å²) in [5.41, 5.74) is 1.54. The van der Waals surface area contributed by atoms with Crippen molar-refractivity contribution in [3.05, 3.63) is 54.1 Å². The van der Waals surface area contributed by atoms with Crippen molar-refractivity contribution < 1.29 is 18.3 Å². The zero-order chi connectivity index (χ0) is 26.6. The molecule has 1 fully saturated rings. The number of fused-ring (bicyclic) bond motifs is 2. The van der Waals surface area contributed by atoms with E-state index in [1.54, 1.807) is 11.1 Å². The Balaban J connectivity index is 1.40. The Morgan fingerprint density at radius 2 is 1.78 bits per heavy atom. The van der Waals surface area contributed by atoms with E-state index in [1.165, 1.54) is 19.2 Å². The van der Waals surface area contributed by atoms with Gasteiger partial charge in [0.15, 0.2) is 17.3 Å². The van der Waals surface area contributed by atoms with E-state index in [9.17, 15) is 13.6 Å². The summed E-state index contributed by atoms with van der Waals surface area (Å²) in [6, 6.07) is 7.07. The molecule has 0 N–H and O–H groups in total. The van der Waals surface area contributed by atoms with Gasteiger partial charge in [0.05, 0.1) is 23.3 Å². The molecule has 1 aliphatic heterocycles. The predicted molar refractivity (Wildman–Crippen MR) is 138 cm³/mol. The van der Waals surface area contributed by atoms with Gasteiger partial charge in [0, 0.05) is 42.1 Å². The number of nitrogens with zero attached hydrogens (tertiary/aromatic N) is 6. The molecule has 0 spiro atoms. The monoisotopic (exact) mass is 508 g/mol. The minimum Gasteiger partial charge on any atom is -0.444 e. The Bertz CT molecular complexity index is 1500. The van der Waals surface area contributed by atoms with Crippen LogP contribution in [-0.4, -0.2) is 61.1 Å². The number of carbonyl (C=O) groups is 1. The Hall–Kier alpha value is -3.82. The predicted octanol–water partition coefficient (Wildman–Crippen LogP) is 5.37. The van der Waals surface area contributed by atoms with Gasteiger partial charge >= 0.3 is 6.09 Å². The molecule has 0 saturated carbocycles. The maximum Gasteiger partial charge on any atom is 0.410 e. The molecule has 1 amide bonds. The van der Waals surface area contributed by atoms with Crippen LogP contribution in [0.15, 0.2) is 36.7 Å². The van der Waals surface area contributed by atoms with Crippen LogP contribution in [0.1, 0.15) is 40.3 Å². The summed E-state index contributed by atoms with van der Waals surface area (Å²) in [4.78, 5) is 29.7. The number of rotatable bonds is 2. The van der Waals surface area contributed by atoms with Crippen LogP contribution in [0.5, 0.6) is 0 Å². The maximum absolute atomic E-state index is 14.6. The Labute approximate surface area is 213 Å². The van der Waals surface area contributed by atoms with Crippen molar-refractivity contribution in [3.63, 3.8) is 0 Å². The smallest absolute Gasteiger partial charge is 0.410 e. The highest BCUT2D eigenvalue weighted by molar-refractivity contribution is 5.83. The lowest BCUT2D eigenvalue weighted by atomic mass is 10.1. The summed E-state index contributed by atoms with van der Waals surface area (Å²) >= 11 is 0. The summed E-state index contributed by atoms with van der Waals surface area (Å²) in [6.07, 6.45) is 2.84. The highest BCUT2D eigenvalue weighted by Crippen LogP contribution is 2.28. The zero-order valence-electron chi connectivity index (χ0n) is 21.8. The summed E-state index contributed by atoms with van der Waals surface area (Å²) in [5.74, 6) is -0.964. The van der Waals surface area contributed by atoms with Crippen LogP contribution in [0.2, 0.25) is 0 Å². The average Bonchev–Trinajstić information content (AvgIpc) is 3.11. The number of hydrogen-bond acceptors (Lipinski definition) is 6. The van der Waals surface area contributed by atoms with Crippen molar-refractivity contribution in [2.45, 2.75) is 59.2 Å². The number of piperazine rings is 1. The molecule has 194 valence electrons. The van der Waals surface area contributed by atoms with Crippen LogP contribution in [0.25, 0.3) is 27.9 Å². The van der Waals surface area contributed by atoms with Gasteiger partial charge in [-0.15, -0.1) is 0 Å². The third-order valence-electron chi connectivity index (χ3n) is 6.49. The molecule has 37 heavy (non-hydrogen) atoms. The SMILES string of the molecule is Cc1nc2c(F)cc(-c3ncc4cc(N5C[C@@H](C)N(C(=O)OC(C)(C)C)[C@@H](C)C5)ccc4n3)cn2c1F. The van der Waals surface area contributed by atoms with Crippen LogP contribution in [0.4, 0.5) is 19.3 Å². The number of carbonyl (C=O) groups excluding carboxylic acids is 1. The van der Waals surface area contributed by atoms with Crippen LogP contribution in [-0.2, 0) is 4.74 Å². The Morgan fingerprint density at radius 1 is 1.08 bits per heavy atom. The lowest BCUT2D eigenvalue weighted by Crippen LogP contribution is -2.59. The van der Waals surface area contributed by atoms with Crippen LogP contribution < -0.4 is 4.90 Å². The molecule has 1 aliphatic rings. The first kappa shape index (κ1) is 24.9. The molecule has 5 rings (SSSR count). The van der Waals surface area contributed by atoms with Crippen molar-refractivity contribution in [2.75, 3.05) is 18.0 Å². The summed E-state index contributed by atoms with van der Waals surface area (Å²) in [7, 11) is 0. The zero-order valence-corrected chi connectivity index (χ0v) is 21.8. The van der Waals surface area contributed by atoms with Gasteiger partial charge in [-0.3, -0.25) is 9.30 Å². The van der Waals surface area contributed by atoms with Gasteiger partial charge in [-0.25, -0.2) is 24.1 Å². The number of imidazole rings is 1. The molecular formula is C27H30F2N6O2. The van der Waals surface area contributed by atoms with Gasteiger partial charge in [-0.2, -0.15) is 4.39 Å². The van der Waals surface area contributed by atoms with E-state index in [-0.39, 0.29) is 29.5 Å². The number of aryl methyl sites for hydroxylation is 1. The Kier molecular flexibility index (Phi) is 6.00. The topological polar surface area (TPSA) is 75.9 Å². The minimum absolute atomic E-state index is 0.0371. The van der Waals surface area contributed by atoms with E-state index >= 15 is 0 Å². The fraction of sp³-hybridized carbons (Fsp3) is 0.407. The number of halogens is 2. The van der Waals surface area contributed by atoms with Crippen molar-refractivity contribution in [1.82, 2.24) is 24.3 Å². The molecule has 0 aliphatic carbocycles. The van der Waals surface area contributed by atoms with E-state index in [1.807, 2.05) is 52.8 Å². The van der Waals surface area contributed by atoms with Gasteiger partial charge in [0.1, 0.15) is 5.60 Å². The molecule has 4 aromatic rings. The molecule has 0 bridgehead atoms. The van der Waals surface area contributed by atoms with Gasteiger partial charge in [0.2, 0.25) is 5.95 Å². The molecule has 3 aromatic heterocycles. The van der Waals surface area contributed by atoms with E-state index in [0.717, 1.165) is 15.5 Å². The van der Waals surface area contributed by atoms with Crippen LogP contribution >= 0.6 is 0 Å². The van der Waals surface area contributed by atoms with E-state index in [2.05, 4.69) is 19.9 Å².